The Balaban J connectivity index is 2.91. The zero-order valence-electron chi connectivity index (χ0n) is 5.43. The Morgan fingerprint density at radius 2 is 2.22 bits per heavy atom. The molecule has 0 aromatic heterocycles. The average Bonchev–Trinajstić information content (AvgIpc) is 2.33. The van der Waals surface area contributed by atoms with Gasteiger partial charge in [-0.05, 0) is 0 Å². The summed E-state index contributed by atoms with van der Waals surface area (Å²) in [5, 5.41) is 0. The summed E-state index contributed by atoms with van der Waals surface area (Å²) in [5.41, 5.74) is 2.50. The van der Waals surface area contributed by atoms with Gasteiger partial charge in [0.25, 0.3) is 0 Å². The first-order valence-electron chi connectivity index (χ1n) is 3.03. The van der Waals surface area contributed by atoms with Crippen LogP contribution >= 0.6 is 0 Å². The van der Waals surface area contributed by atoms with E-state index in [0.717, 1.165) is 7.17 Å². The molecule has 0 nitrogen and oxygen atoms in total. The van der Waals surface area contributed by atoms with Crippen LogP contribution in [0.4, 0.5) is 0 Å². The molecule has 1 rings (SSSR count). The van der Waals surface area contributed by atoms with E-state index in [9.17, 15) is 0 Å². The molecule has 0 fully saturated rings. The van der Waals surface area contributed by atoms with E-state index in [1.165, 1.54) is 11.0 Å². The molecule has 0 saturated heterocycles. The van der Waals surface area contributed by atoms with Gasteiger partial charge in [-0.25, -0.2) is 0 Å². The molecule has 2 heteroatoms. The van der Waals surface area contributed by atoms with Crippen molar-refractivity contribution in [3.05, 3.63) is 36.4 Å². The van der Waals surface area contributed by atoms with E-state index in [4.69, 9.17) is 0 Å². The van der Waals surface area contributed by atoms with Gasteiger partial charge in [0, 0.05) is 0 Å². The summed E-state index contributed by atoms with van der Waals surface area (Å²) in [5.74, 6) is 2.07. The third-order valence-corrected chi connectivity index (χ3v) is 1.47. The molecule has 0 radical (unpaired) electrons. The van der Waals surface area contributed by atoms with Crippen LogP contribution in [0.1, 0.15) is 0 Å². The van der Waals surface area contributed by atoms with Gasteiger partial charge < -0.3 is 0 Å². The molecular formula is C7H8B2. The fourth-order valence-corrected chi connectivity index (χ4v) is 0.938. The van der Waals surface area contributed by atoms with Gasteiger partial charge in [-0.15, -0.1) is 0 Å². The van der Waals surface area contributed by atoms with Crippen molar-refractivity contribution in [1.82, 2.24) is 0 Å². The molecule has 42 valence electrons. The molecule has 0 aliphatic carbocycles. The Bertz CT molecular complexity index is 199. The van der Waals surface area contributed by atoms with Crippen LogP contribution in [-0.4, -0.2) is 19.9 Å². The molecule has 0 amide bonds. The van der Waals surface area contributed by atoms with E-state index in [0.29, 0.717) is 0 Å². The number of rotatable bonds is 2. The van der Waals surface area contributed by atoms with E-state index in [1.807, 2.05) is 12.2 Å². The Morgan fingerprint density at radius 1 is 1.44 bits per heavy atom. The van der Waals surface area contributed by atoms with Gasteiger partial charge in [0.1, 0.15) is 0 Å². The van der Waals surface area contributed by atoms with Crippen molar-refractivity contribution in [3.63, 3.8) is 0 Å². The van der Waals surface area contributed by atoms with Gasteiger partial charge in [0.15, 0.2) is 0 Å². The SMILES string of the molecule is C=CC1=C(C=C)C=BB1. The van der Waals surface area contributed by atoms with Gasteiger partial charge in [0.05, 0.1) is 0 Å². The fraction of sp³-hybridized carbons (Fsp3) is 0. The van der Waals surface area contributed by atoms with Crippen LogP contribution in [0.25, 0.3) is 0 Å². The van der Waals surface area contributed by atoms with Gasteiger partial charge in [0.2, 0.25) is 0 Å². The van der Waals surface area contributed by atoms with Crippen LogP contribution in [0.15, 0.2) is 36.4 Å². The third kappa shape index (κ3) is 1.13. The van der Waals surface area contributed by atoms with Crippen LogP contribution in [0.2, 0.25) is 0 Å². The fourth-order valence-electron chi connectivity index (χ4n) is 0.938. The van der Waals surface area contributed by atoms with Crippen molar-refractivity contribution >= 4 is 19.9 Å². The Kier molecular flexibility index (Phi) is 1.88. The first kappa shape index (κ1) is 6.34. The van der Waals surface area contributed by atoms with Crippen molar-refractivity contribution in [2.45, 2.75) is 0 Å². The predicted molar refractivity (Wildman–Crippen MR) is 46.4 cm³/mol. The van der Waals surface area contributed by atoms with Gasteiger partial charge in [-0.2, -0.15) is 0 Å². The zero-order valence-corrected chi connectivity index (χ0v) is 5.43. The van der Waals surface area contributed by atoms with E-state index in [2.05, 4.69) is 25.9 Å². The Morgan fingerprint density at radius 3 is 2.67 bits per heavy atom. The minimum atomic E-state index is 1.02. The van der Waals surface area contributed by atoms with Crippen LogP contribution in [0.3, 0.4) is 0 Å². The van der Waals surface area contributed by atoms with Crippen molar-refractivity contribution in [2.75, 3.05) is 0 Å². The summed E-state index contributed by atoms with van der Waals surface area (Å²) >= 11 is 0. The number of hydrogen-bond acceptors (Lipinski definition) is 0. The molecule has 0 spiro atoms. The summed E-state index contributed by atoms with van der Waals surface area (Å²) in [4.78, 5) is 0. The first-order valence-corrected chi connectivity index (χ1v) is 3.03. The number of allylic oxidation sites excluding steroid dienone is 4. The molecule has 0 N–H and O–H groups in total. The van der Waals surface area contributed by atoms with Crippen LogP contribution < -0.4 is 0 Å². The summed E-state index contributed by atoms with van der Waals surface area (Å²) in [6, 6.07) is 0. The van der Waals surface area contributed by atoms with E-state index in [-0.39, 0.29) is 0 Å². The van der Waals surface area contributed by atoms with Crippen molar-refractivity contribution in [2.24, 2.45) is 0 Å². The first-order chi connectivity index (χ1) is 4.38. The Hall–Kier alpha value is -0.780. The second-order valence-electron chi connectivity index (χ2n) is 2.00. The van der Waals surface area contributed by atoms with Crippen LogP contribution in [0.5, 0.6) is 0 Å². The summed E-state index contributed by atoms with van der Waals surface area (Å²) in [6.45, 7) is 9.50. The van der Waals surface area contributed by atoms with Gasteiger partial charge >= 0.3 is 56.3 Å². The molecule has 9 heavy (non-hydrogen) atoms. The van der Waals surface area contributed by atoms with Crippen molar-refractivity contribution < 1.29 is 0 Å². The van der Waals surface area contributed by atoms with Crippen LogP contribution in [0, 0.1) is 0 Å². The van der Waals surface area contributed by atoms with Gasteiger partial charge in [-0.1, -0.05) is 0 Å². The quantitative estimate of drug-likeness (QED) is 0.458. The molecule has 0 aromatic carbocycles. The predicted octanol–water partition coefficient (Wildman–Crippen LogP) is 0.484. The Labute approximate surface area is 57.1 Å². The topological polar surface area (TPSA) is 0 Å². The maximum absolute atomic E-state index is 3.70. The molecular weight excluding hydrogens is 106 g/mol. The standard InChI is InChI=1S/C7H8B2/c1-3-6-5-8-9-7(6)4-2/h3-5,9H,1-2H2. The summed E-state index contributed by atoms with van der Waals surface area (Å²) < 4.78 is 0. The molecule has 0 unspecified atom stereocenters. The van der Waals surface area contributed by atoms with Crippen molar-refractivity contribution in [1.29, 1.82) is 0 Å². The van der Waals surface area contributed by atoms with Crippen LogP contribution in [-0.2, 0) is 0 Å². The van der Waals surface area contributed by atoms with E-state index < -0.39 is 0 Å². The third-order valence-electron chi connectivity index (χ3n) is 1.47. The summed E-state index contributed by atoms with van der Waals surface area (Å²) in [6.07, 6.45) is 3.75. The maximum atomic E-state index is 3.70. The molecule has 1 aliphatic rings. The van der Waals surface area contributed by atoms with Crippen molar-refractivity contribution in [3.8, 4) is 0 Å². The molecule has 0 saturated carbocycles. The van der Waals surface area contributed by atoms with E-state index >= 15 is 0 Å². The number of hydrogen-bond donors (Lipinski definition) is 0. The van der Waals surface area contributed by atoms with E-state index in [1.54, 1.807) is 0 Å². The average molecular weight is 114 g/mol. The second kappa shape index (κ2) is 2.67. The second-order valence-corrected chi connectivity index (χ2v) is 2.00. The molecule has 1 heterocycles. The molecule has 1 aliphatic heterocycles. The molecule has 0 aromatic rings. The monoisotopic (exact) mass is 114 g/mol. The molecule has 0 bridgehead atoms. The summed E-state index contributed by atoms with van der Waals surface area (Å²) in [7, 11) is 1.02. The zero-order chi connectivity index (χ0) is 6.69. The minimum absolute atomic E-state index is 1.02. The normalized spacial score (nSPS) is 14.7. The molecule has 0 atom stereocenters. The van der Waals surface area contributed by atoms with Gasteiger partial charge in [-0.3, -0.25) is 0 Å².